The summed E-state index contributed by atoms with van der Waals surface area (Å²) in [6, 6.07) is 7.37. The number of hydrogen-bond acceptors (Lipinski definition) is 4. The summed E-state index contributed by atoms with van der Waals surface area (Å²) >= 11 is 0. The van der Waals surface area contributed by atoms with Crippen molar-refractivity contribution in [3.8, 4) is 6.07 Å². The van der Waals surface area contributed by atoms with Crippen molar-refractivity contribution >= 4 is 11.9 Å². The Morgan fingerprint density at radius 3 is 2.90 bits per heavy atom. The van der Waals surface area contributed by atoms with Gasteiger partial charge < -0.3 is 10.6 Å². The van der Waals surface area contributed by atoms with Crippen LogP contribution in [0, 0.1) is 17.2 Å². The van der Waals surface area contributed by atoms with Crippen molar-refractivity contribution in [2.45, 2.75) is 24.8 Å². The molecule has 0 radical (unpaired) electrons. The van der Waals surface area contributed by atoms with Crippen molar-refractivity contribution in [3.05, 3.63) is 40.4 Å². The van der Waals surface area contributed by atoms with Gasteiger partial charge in [0.25, 0.3) is 0 Å². The molecule has 2 unspecified atom stereocenters. The Labute approximate surface area is 123 Å². The zero-order chi connectivity index (χ0) is 14.2. The number of hydrogen-bond donors (Lipinski definition) is 2. The number of benzene rings is 1. The Morgan fingerprint density at radius 2 is 2.24 bits per heavy atom. The van der Waals surface area contributed by atoms with E-state index in [0.29, 0.717) is 12.0 Å². The summed E-state index contributed by atoms with van der Waals surface area (Å²) in [6.07, 6.45) is 8.08. The van der Waals surface area contributed by atoms with Crippen LogP contribution < -0.4 is 21.2 Å². The summed E-state index contributed by atoms with van der Waals surface area (Å²) in [5, 5.41) is 18.3. The van der Waals surface area contributed by atoms with E-state index in [-0.39, 0.29) is 5.92 Å². The normalized spacial score (nSPS) is 26.4. The molecular weight excluding hydrogens is 260 g/mol. The molecular formula is C17H18N4. The van der Waals surface area contributed by atoms with Crippen molar-refractivity contribution in [2.24, 2.45) is 10.9 Å². The predicted octanol–water partition coefficient (Wildman–Crippen LogP) is 1.01. The van der Waals surface area contributed by atoms with Crippen LogP contribution in [0.15, 0.2) is 29.3 Å². The van der Waals surface area contributed by atoms with Crippen LogP contribution in [-0.4, -0.2) is 19.1 Å². The van der Waals surface area contributed by atoms with Crippen LogP contribution >= 0.6 is 0 Å². The van der Waals surface area contributed by atoms with E-state index in [0.717, 1.165) is 37.0 Å². The third-order valence-corrected chi connectivity index (χ3v) is 4.60. The molecule has 2 aliphatic heterocycles. The van der Waals surface area contributed by atoms with E-state index >= 15 is 0 Å². The van der Waals surface area contributed by atoms with Crippen molar-refractivity contribution in [3.63, 3.8) is 0 Å². The topological polar surface area (TPSA) is 60.2 Å². The molecule has 4 rings (SSSR count). The SMILES string of the molecule is N#CC1C=CCC(c2cc(NC3CNC3)c3c(c2)=CN=3)C1. The second kappa shape index (κ2) is 5.01. The van der Waals surface area contributed by atoms with Gasteiger partial charge in [0.15, 0.2) is 0 Å². The van der Waals surface area contributed by atoms with Gasteiger partial charge in [-0.25, -0.2) is 0 Å². The number of nitrogens with one attached hydrogen (secondary N) is 2. The van der Waals surface area contributed by atoms with Crippen molar-refractivity contribution < 1.29 is 0 Å². The largest absolute Gasteiger partial charge is 0.378 e. The summed E-state index contributed by atoms with van der Waals surface area (Å²) in [7, 11) is 0. The predicted molar refractivity (Wildman–Crippen MR) is 82.2 cm³/mol. The molecule has 106 valence electrons. The van der Waals surface area contributed by atoms with E-state index in [9.17, 15) is 0 Å². The van der Waals surface area contributed by atoms with Crippen molar-refractivity contribution in [1.82, 2.24) is 5.32 Å². The highest BCUT2D eigenvalue weighted by molar-refractivity contribution is 5.53. The highest BCUT2D eigenvalue weighted by Crippen LogP contribution is 2.32. The molecule has 4 nitrogen and oxygen atoms in total. The fourth-order valence-electron chi connectivity index (χ4n) is 3.20. The first-order valence-electron chi connectivity index (χ1n) is 7.59. The third-order valence-electron chi connectivity index (χ3n) is 4.60. The number of anilines is 1. The van der Waals surface area contributed by atoms with Gasteiger partial charge >= 0.3 is 0 Å². The molecule has 1 fully saturated rings. The molecule has 2 N–H and O–H groups in total. The standard InChI is InChI=1S/C17H18N4/c18-7-11-2-1-3-12(4-11)13-5-14-8-20-17(14)16(6-13)21-15-9-19-10-15/h1-2,5-6,8,11-12,15,19,21H,3-4,9-10H2. The van der Waals surface area contributed by atoms with Crippen LogP contribution in [0.1, 0.15) is 24.3 Å². The Hall–Kier alpha value is -2.12. The lowest BCUT2D eigenvalue weighted by atomic mass is 9.82. The van der Waals surface area contributed by atoms with Gasteiger partial charge in [0.05, 0.1) is 29.1 Å². The lowest BCUT2D eigenvalue weighted by Gasteiger charge is -2.30. The summed E-state index contributed by atoms with van der Waals surface area (Å²) in [6.45, 7) is 2.04. The maximum atomic E-state index is 9.14. The van der Waals surface area contributed by atoms with Crippen LogP contribution in [0.3, 0.4) is 0 Å². The first-order chi connectivity index (χ1) is 10.3. The number of rotatable bonds is 3. The zero-order valence-electron chi connectivity index (χ0n) is 11.8. The van der Waals surface area contributed by atoms with Crippen molar-refractivity contribution in [2.75, 3.05) is 18.4 Å². The van der Waals surface area contributed by atoms with E-state index in [4.69, 9.17) is 5.26 Å². The molecule has 3 aliphatic rings. The molecule has 21 heavy (non-hydrogen) atoms. The Kier molecular flexibility index (Phi) is 3.01. The highest BCUT2D eigenvalue weighted by Gasteiger charge is 2.22. The average molecular weight is 278 g/mol. The molecule has 0 spiro atoms. The number of fused-ring (bicyclic) bond motifs is 1. The van der Waals surface area contributed by atoms with E-state index in [2.05, 4.69) is 39.9 Å². The van der Waals surface area contributed by atoms with Gasteiger partial charge in [0.1, 0.15) is 0 Å². The van der Waals surface area contributed by atoms with Gasteiger partial charge in [0.2, 0.25) is 0 Å². The molecule has 1 aromatic carbocycles. The molecule has 2 heterocycles. The van der Waals surface area contributed by atoms with Gasteiger partial charge in [0, 0.05) is 24.5 Å². The van der Waals surface area contributed by atoms with E-state index in [1.165, 1.54) is 10.8 Å². The molecule has 0 saturated carbocycles. The highest BCUT2D eigenvalue weighted by atomic mass is 15.1. The van der Waals surface area contributed by atoms with Gasteiger partial charge in [-0.2, -0.15) is 5.26 Å². The lowest BCUT2D eigenvalue weighted by molar-refractivity contribution is 0.471. The molecule has 1 aromatic rings. The summed E-state index contributed by atoms with van der Waals surface area (Å²) in [5.74, 6) is 0.495. The molecule has 0 aromatic heterocycles. The fraction of sp³-hybridized carbons (Fsp3) is 0.412. The number of nitrogens with zero attached hydrogens (tertiary/aromatic N) is 2. The quantitative estimate of drug-likeness (QED) is 0.811. The zero-order valence-corrected chi connectivity index (χ0v) is 11.8. The molecule has 0 amide bonds. The molecule has 0 bridgehead atoms. The lowest BCUT2D eigenvalue weighted by Crippen LogP contribution is -2.52. The van der Waals surface area contributed by atoms with Crippen LogP contribution in [0.2, 0.25) is 0 Å². The van der Waals surface area contributed by atoms with E-state index in [1.54, 1.807) is 0 Å². The summed E-state index contributed by atoms with van der Waals surface area (Å²) in [5.41, 5.74) is 2.49. The molecule has 1 saturated heterocycles. The minimum absolute atomic E-state index is 0.0516. The maximum absolute atomic E-state index is 9.14. The Bertz CT molecular complexity index is 752. The Morgan fingerprint density at radius 1 is 1.33 bits per heavy atom. The first kappa shape index (κ1) is 12.6. The molecule has 4 heteroatoms. The maximum Gasteiger partial charge on any atom is 0.0949 e. The number of allylic oxidation sites excluding steroid dienone is 2. The first-order valence-corrected chi connectivity index (χ1v) is 7.59. The Balaban J connectivity index is 1.64. The third kappa shape index (κ3) is 2.24. The van der Waals surface area contributed by atoms with Crippen LogP contribution in [0.25, 0.3) is 6.20 Å². The fourth-order valence-corrected chi connectivity index (χ4v) is 3.20. The van der Waals surface area contributed by atoms with Crippen LogP contribution in [-0.2, 0) is 0 Å². The second-order valence-corrected chi connectivity index (χ2v) is 6.10. The van der Waals surface area contributed by atoms with Gasteiger partial charge in [-0.15, -0.1) is 0 Å². The van der Waals surface area contributed by atoms with Gasteiger partial charge in [-0.3, -0.25) is 4.99 Å². The van der Waals surface area contributed by atoms with Crippen LogP contribution in [0.4, 0.5) is 5.69 Å². The summed E-state index contributed by atoms with van der Waals surface area (Å²) < 4.78 is 0. The minimum atomic E-state index is 0.0516. The number of nitriles is 1. The monoisotopic (exact) mass is 278 g/mol. The summed E-state index contributed by atoms with van der Waals surface area (Å²) in [4.78, 5) is 4.39. The van der Waals surface area contributed by atoms with Gasteiger partial charge in [-0.05, 0) is 36.5 Å². The molecule has 2 atom stereocenters. The van der Waals surface area contributed by atoms with E-state index in [1.807, 2.05) is 12.3 Å². The van der Waals surface area contributed by atoms with Crippen molar-refractivity contribution in [1.29, 1.82) is 5.26 Å². The average Bonchev–Trinajstić information content (AvgIpc) is 2.44. The van der Waals surface area contributed by atoms with Gasteiger partial charge in [-0.1, -0.05) is 12.2 Å². The van der Waals surface area contributed by atoms with E-state index < -0.39 is 0 Å². The molecule has 1 aliphatic carbocycles. The smallest absolute Gasteiger partial charge is 0.0949 e. The van der Waals surface area contributed by atoms with Crippen LogP contribution in [0.5, 0.6) is 0 Å². The minimum Gasteiger partial charge on any atom is -0.378 e. The second-order valence-electron chi connectivity index (χ2n) is 6.10.